The van der Waals surface area contributed by atoms with E-state index in [4.69, 9.17) is 5.73 Å². The van der Waals surface area contributed by atoms with E-state index in [1.165, 1.54) is 24.0 Å². The number of urea groups is 1. The molecular formula is C16H23N3O2. The lowest BCUT2D eigenvalue weighted by molar-refractivity contribution is -0.121. The Morgan fingerprint density at radius 3 is 2.48 bits per heavy atom. The third-order valence-corrected chi connectivity index (χ3v) is 4.01. The first-order chi connectivity index (χ1) is 9.97. The molecule has 0 unspecified atom stereocenters. The van der Waals surface area contributed by atoms with Crippen molar-refractivity contribution in [2.75, 3.05) is 0 Å². The quantitative estimate of drug-likeness (QED) is 0.790. The van der Waals surface area contributed by atoms with Gasteiger partial charge in [-0.25, -0.2) is 4.79 Å². The van der Waals surface area contributed by atoms with E-state index in [1.54, 1.807) is 6.92 Å². The Balaban J connectivity index is 2.01. The minimum absolute atomic E-state index is 0.0332. The molecule has 0 heterocycles. The van der Waals surface area contributed by atoms with Gasteiger partial charge in [-0.2, -0.15) is 0 Å². The molecule has 114 valence electrons. The van der Waals surface area contributed by atoms with Crippen LogP contribution in [0.3, 0.4) is 0 Å². The Hall–Kier alpha value is -1.88. The number of fused-ring (bicyclic) bond motifs is 1. The Morgan fingerprint density at radius 2 is 1.81 bits per heavy atom. The van der Waals surface area contributed by atoms with Gasteiger partial charge in [-0.1, -0.05) is 18.2 Å². The summed E-state index contributed by atoms with van der Waals surface area (Å²) < 4.78 is 0. The monoisotopic (exact) mass is 289 g/mol. The molecule has 0 aliphatic heterocycles. The van der Waals surface area contributed by atoms with E-state index in [2.05, 4.69) is 28.8 Å². The number of rotatable bonds is 4. The summed E-state index contributed by atoms with van der Waals surface area (Å²) in [6.45, 7) is 3.73. The van der Waals surface area contributed by atoms with Gasteiger partial charge in [-0.3, -0.25) is 15.4 Å². The maximum atomic E-state index is 11.7. The van der Waals surface area contributed by atoms with Crippen LogP contribution in [0.4, 0.5) is 4.79 Å². The van der Waals surface area contributed by atoms with Crippen molar-refractivity contribution in [3.63, 3.8) is 0 Å². The van der Waals surface area contributed by atoms with Crippen LogP contribution in [0.25, 0.3) is 0 Å². The smallest absolute Gasteiger partial charge is 0.318 e. The van der Waals surface area contributed by atoms with Crippen LogP contribution in [0.1, 0.15) is 49.4 Å². The van der Waals surface area contributed by atoms with Crippen molar-refractivity contribution >= 4 is 11.9 Å². The molecule has 0 bridgehead atoms. The summed E-state index contributed by atoms with van der Waals surface area (Å²) in [5.41, 5.74) is 8.97. The Kier molecular flexibility index (Phi) is 4.96. The van der Waals surface area contributed by atoms with Crippen LogP contribution < -0.4 is 16.4 Å². The first kappa shape index (κ1) is 15.5. The van der Waals surface area contributed by atoms with Crippen molar-refractivity contribution in [1.82, 2.24) is 10.6 Å². The molecule has 2 rings (SSSR count). The summed E-state index contributed by atoms with van der Waals surface area (Å²) in [6, 6.07) is 5.26. The zero-order valence-electron chi connectivity index (χ0n) is 12.6. The summed E-state index contributed by atoms with van der Waals surface area (Å²) in [5.74, 6) is -0.410. The molecule has 4 N–H and O–H groups in total. The molecule has 0 saturated carbocycles. The predicted molar refractivity (Wildman–Crippen MR) is 81.8 cm³/mol. The SMILES string of the molecule is C[C@H](N[C@H](C)C(=O)NC(N)=O)c1ccc2c(c1)CCCC2. The van der Waals surface area contributed by atoms with Crippen LogP contribution in [0.15, 0.2) is 18.2 Å². The lowest BCUT2D eigenvalue weighted by Crippen LogP contribution is -2.47. The van der Waals surface area contributed by atoms with Crippen LogP contribution in [0, 0.1) is 0 Å². The number of amides is 3. The topological polar surface area (TPSA) is 84.2 Å². The molecule has 0 radical (unpaired) electrons. The Bertz CT molecular complexity index is 542. The largest absolute Gasteiger partial charge is 0.351 e. The normalized spacial score (nSPS) is 16.7. The van der Waals surface area contributed by atoms with Crippen LogP contribution in [-0.2, 0) is 17.6 Å². The van der Waals surface area contributed by atoms with E-state index in [0.29, 0.717) is 0 Å². The molecule has 0 aromatic heterocycles. The number of nitrogens with one attached hydrogen (secondary N) is 2. The number of aryl methyl sites for hydroxylation is 2. The van der Waals surface area contributed by atoms with E-state index < -0.39 is 18.0 Å². The third kappa shape index (κ3) is 4.04. The molecule has 1 aromatic rings. The van der Waals surface area contributed by atoms with Crippen molar-refractivity contribution in [1.29, 1.82) is 0 Å². The summed E-state index contributed by atoms with van der Waals surface area (Å²) in [6.07, 6.45) is 4.81. The molecule has 5 heteroatoms. The van der Waals surface area contributed by atoms with Crippen LogP contribution in [0.2, 0.25) is 0 Å². The standard InChI is InChI=1S/C16H23N3O2/c1-10(18-11(2)15(20)19-16(17)21)13-8-7-12-5-3-4-6-14(12)9-13/h7-11,18H,3-6H2,1-2H3,(H3,17,19,20,21)/t10-,11+/m0/s1. The van der Waals surface area contributed by atoms with E-state index in [9.17, 15) is 9.59 Å². The van der Waals surface area contributed by atoms with Crippen molar-refractivity contribution in [2.45, 2.75) is 51.6 Å². The second-order valence-corrected chi connectivity index (χ2v) is 5.70. The summed E-state index contributed by atoms with van der Waals surface area (Å²) in [4.78, 5) is 22.4. The van der Waals surface area contributed by atoms with Gasteiger partial charge < -0.3 is 5.73 Å². The number of hydrogen-bond acceptors (Lipinski definition) is 3. The number of nitrogens with two attached hydrogens (primary N) is 1. The van der Waals surface area contributed by atoms with E-state index >= 15 is 0 Å². The zero-order chi connectivity index (χ0) is 15.4. The van der Waals surface area contributed by atoms with Gasteiger partial charge in [0.1, 0.15) is 0 Å². The average Bonchev–Trinajstić information content (AvgIpc) is 2.45. The van der Waals surface area contributed by atoms with Crippen molar-refractivity contribution in [3.05, 3.63) is 34.9 Å². The lowest BCUT2D eigenvalue weighted by atomic mass is 9.89. The first-order valence-electron chi connectivity index (χ1n) is 7.45. The maximum absolute atomic E-state index is 11.7. The molecule has 5 nitrogen and oxygen atoms in total. The molecule has 0 fully saturated rings. The second-order valence-electron chi connectivity index (χ2n) is 5.70. The number of carbonyl (C=O) groups is 2. The fraction of sp³-hybridized carbons (Fsp3) is 0.500. The summed E-state index contributed by atoms with van der Waals surface area (Å²) in [5, 5.41) is 5.27. The molecule has 3 amide bonds. The van der Waals surface area contributed by atoms with Gasteiger partial charge in [0.05, 0.1) is 6.04 Å². The fourth-order valence-electron chi connectivity index (χ4n) is 2.80. The van der Waals surface area contributed by atoms with Crippen LogP contribution in [0.5, 0.6) is 0 Å². The van der Waals surface area contributed by atoms with Crippen molar-refractivity contribution in [3.8, 4) is 0 Å². The van der Waals surface area contributed by atoms with E-state index in [0.717, 1.165) is 18.4 Å². The van der Waals surface area contributed by atoms with Gasteiger partial charge in [-0.05, 0) is 56.2 Å². The molecule has 1 aromatic carbocycles. The molecule has 1 aliphatic carbocycles. The molecule has 2 atom stereocenters. The lowest BCUT2D eigenvalue weighted by Gasteiger charge is -2.22. The number of imide groups is 1. The van der Waals surface area contributed by atoms with Crippen molar-refractivity contribution < 1.29 is 9.59 Å². The van der Waals surface area contributed by atoms with Gasteiger partial charge in [0, 0.05) is 6.04 Å². The Morgan fingerprint density at radius 1 is 1.14 bits per heavy atom. The number of benzene rings is 1. The highest BCUT2D eigenvalue weighted by atomic mass is 16.2. The summed E-state index contributed by atoms with van der Waals surface area (Å²) in [7, 11) is 0. The third-order valence-electron chi connectivity index (χ3n) is 4.01. The van der Waals surface area contributed by atoms with Crippen molar-refractivity contribution in [2.24, 2.45) is 5.73 Å². The minimum atomic E-state index is -0.824. The molecule has 0 spiro atoms. The van der Waals surface area contributed by atoms with Gasteiger partial charge in [-0.15, -0.1) is 0 Å². The van der Waals surface area contributed by atoms with Crippen LogP contribution in [-0.4, -0.2) is 18.0 Å². The molecule has 21 heavy (non-hydrogen) atoms. The second kappa shape index (κ2) is 6.72. The number of carbonyl (C=O) groups excluding carboxylic acids is 2. The van der Waals surface area contributed by atoms with Gasteiger partial charge in [0.15, 0.2) is 0 Å². The average molecular weight is 289 g/mol. The zero-order valence-corrected chi connectivity index (χ0v) is 12.6. The molecule has 0 saturated heterocycles. The first-order valence-corrected chi connectivity index (χ1v) is 7.45. The van der Waals surface area contributed by atoms with Gasteiger partial charge in [0.2, 0.25) is 5.91 Å². The summed E-state index contributed by atoms with van der Waals surface area (Å²) >= 11 is 0. The fourth-order valence-corrected chi connectivity index (χ4v) is 2.80. The minimum Gasteiger partial charge on any atom is -0.351 e. The molecule has 1 aliphatic rings. The van der Waals surface area contributed by atoms with E-state index in [1.807, 2.05) is 6.92 Å². The van der Waals surface area contributed by atoms with Crippen LogP contribution >= 0.6 is 0 Å². The number of hydrogen-bond donors (Lipinski definition) is 3. The molecular weight excluding hydrogens is 266 g/mol. The Labute approximate surface area is 125 Å². The predicted octanol–water partition coefficient (Wildman–Crippen LogP) is 1.80. The highest BCUT2D eigenvalue weighted by Gasteiger charge is 2.18. The highest BCUT2D eigenvalue weighted by molar-refractivity contribution is 5.96. The van der Waals surface area contributed by atoms with E-state index in [-0.39, 0.29) is 6.04 Å². The highest BCUT2D eigenvalue weighted by Crippen LogP contribution is 2.24. The van der Waals surface area contributed by atoms with Gasteiger partial charge >= 0.3 is 6.03 Å². The maximum Gasteiger partial charge on any atom is 0.318 e. The number of primary amides is 1. The van der Waals surface area contributed by atoms with Gasteiger partial charge in [0.25, 0.3) is 0 Å².